The maximum atomic E-state index is 13.0. The molecule has 0 saturated heterocycles. The van der Waals surface area contributed by atoms with Gasteiger partial charge in [-0.3, -0.25) is 0 Å². The topological polar surface area (TPSA) is 106 Å². The molecular formula is C10H15FN2O4S2. The largest absolute Gasteiger partial charge is 0.398 e. The zero-order chi connectivity index (χ0) is 14.8. The summed E-state index contributed by atoms with van der Waals surface area (Å²) in [6, 6.07) is 2.10. The SMILES string of the molecule is CC(CS(C)(=O)=O)NS(=O)(=O)c1cc(F)ccc1N. The Balaban J connectivity index is 3.02. The predicted molar refractivity (Wildman–Crippen MR) is 70.3 cm³/mol. The van der Waals surface area contributed by atoms with Crippen LogP contribution in [0.15, 0.2) is 23.1 Å². The minimum absolute atomic E-state index is 0.111. The first-order valence-electron chi connectivity index (χ1n) is 5.26. The van der Waals surface area contributed by atoms with Crippen LogP contribution in [0.2, 0.25) is 0 Å². The summed E-state index contributed by atoms with van der Waals surface area (Å²) in [4.78, 5) is -0.409. The van der Waals surface area contributed by atoms with Gasteiger partial charge in [-0.2, -0.15) is 0 Å². The Kier molecular flexibility index (Phi) is 4.54. The van der Waals surface area contributed by atoms with E-state index >= 15 is 0 Å². The van der Waals surface area contributed by atoms with Crippen molar-refractivity contribution >= 4 is 25.5 Å². The van der Waals surface area contributed by atoms with Gasteiger partial charge in [0.05, 0.1) is 11.4 Å². The molecule has 0 saturated carbocycles. The van der Waals surface area contributed by atoms with Crippen LogP contribution < -0.4 is 10.5 Å². The number of anilines is 1. The lowest BCUT2D eigenvalue weighted by molar-refractivity contribution is 0.562. The van der Waals surface area contributed by atoms with E-state index in [0.717, 1.165) is 24.5 Å². The number of sulfone groups is 1. The van der Waals surface area contributed by atoms with Gasteiger partial charge < -0.3 is 5.73 Å². The predicted octanol–water partition coefficient (Wildman–Crippen LogP) is 0.119. The number of nitrogen functional groups attached to an aromatic ring is 1. The molecule has 9 heteroatoms. The monoisotopic (exact) mass is 310 g/mol. The summed E-state index contributed by atoms with van der Waals surface area (Å²) in [6.07, 6.45) is 0.994. The molecule has 1 aromatic carbocycles. The summed E-state index contributed by atoms with van der Waals surface area (Å²) < 4.78 is 61.2. The molecule has 0 radical (unpaired) electrons. The Morgan fingerprint density at radius 1 is 1.32 bits per heavy atom. The first kappa shape index (κ1) is 15.9. The molecule has 0 spiro atoms. The first-order valence-corrected chi connectivity index (χ1v) is 8.81. The molecule has 108 valence electrons. The number of rotatable bonds is 5. The van der Waals surface area contributed by atoms with E-state index in [0.29, 0.717) is 0 Å². The van der Waals surface area contributed by atoms with Crippen molar-refractivity contribution in [1.29, 1.82) is 0 Å². The Morgan fingerprint density at radius 3 is 2.42 bits per heavy atom. The van der Waals surface area contributed by atoms with E-state index in [1.807, 2.05) is 0 Å². The highest BCUT2D eigenvalue weighted by Gasteiger charge is 2.22. The van der Waals surface area contributed by atoms with Gasteiger partial charge in [0.2, 0.25) is 10.0 Å². The highest BCUT2D eigenvalue weighted by Crippen LogP contribution is 2.19. The number of hydrogen-bond donors (Lipinski definition) is 2. The highest BCUT2D eigenvalue weighted by molar-refractivity contribution is 7.91. The second kappa shape index (κ2) is 5.43. The Bertz CT molecular complexity index is 671. The molecule has 0 aromatic heterocycles. The van der Waals surface area contributed by atoms with Crippen LogP contribution in [-0.2, 0) is 19.9 Å². The molecule has 0 aliphatic carbocycles. The van der Waals surface area contributed by atoms with E-state index in [1.165, 1.54) is 6.92 Å². The van der Waals surface area contributed by atoms with Gasteiger partial charge in [0.15, 0.2) is 0 Å². The van der Waals surface area contributed by atoms with Gasteiger partial charge in [-0.1, -0.05) is 0 Å². The van der Waals surface area contributed by atoms with Gasteiger partial charge in [-0.25, -0.2) is 25.9 Å². The number of benzene rings is 1. The molecule has 0 fully saturated rings. The average Bonchev–Trinajstić information content (AvgIpc) is 2.17. The van der Waals surface area contributed by atoms with Crippen LogP contribution in [0.25, 0.3) is 0 Å². The lowest BCUT2D eigenvalue weighted by Gasteiger charge is -2.14. The van der Waals surface area contributed by atoms with Crippen LogP contribution in [-0.4, -0.2) is 34.9 Å². The standard InChI is InChI=1S/C10H15FN2O4S2/c1-7(6-18(2,14)15)13-19(16,17)10-5-8(11)3-4-9(10)12/h3-5,7,13H,6,12H2,1-2H3. The minimum Gasteiger partial charge on any atom is -0.398 e. The lowest BCUT2D eigenvalue weighted by Crippen LogP contribution is -2.37. The van der Waals surface area contributed by atoms with Crippen LogP contribution in [0.3, 0.4) is 0 Å². The van der Waals surface area contributed by atoms with Crippen LogP contribution >= 0.6 is 0 Å². The van der Waals surface area contributed by atoms with Crippen molar-refractivity contribution in [3.63, 3.8) is 0 Å². The second-order valence-corrected chi connectivity index (χ2v) is 8.16. The van der Waals surface area contributed by atoms with E-state index in [-0.39, 0.29) is 11.4 Å². The molecule has 0 bridgehead atoms. The summed E-state index contributed by atoms with van der Waals surface area (Å²) >= 11 is 0. The van der Waals surface area contributed by atoms with E-state index < -0.39 is 36.6 Å². The third-order valence-electron chi connectivity index (χ3n) is 2.17. The van der Waals surface area contributed by atoms with Gasteiger partial charge in [0, 0.05) is 12.3 Å². The van der Waals surface area contributed by atoms with Gasteiger partial charge >= 0.3 is 0 Å². The van der Waals surface area contributed by atoms with Gasteiger partial charge in [-0.15, -0.1) is 0 Å². The van der Waals surface area contributed by atoms with Crippen molar-refractivity contribution in [1.82, 2.24) is 4.72 Å². The molecule has 19 heavy (non-hydrogen) atoms. The van der Waals surface area contributed by atoms with Gasteiger partial charge in [0.1, 0.15) is 20.5 Å². The molecule has 1 rings (SSSR count). The van der Waals surface area contributed by atoms with Crippen molar-refractivity contribution in [2.75, 3.05) is 17.7 Å². The number of nitrogens with one attached hydrogen (secondary N) is 1. The van der Waals surface area contributed by atoms with Crippen molar-refractivity contribution in [2.24, 2.45) is 0 Å². The summed E-state index contributed by atoms with van der Waals surface area (Å²) in [7, 11) is -7.39. The number of halogens is 1. The molecular weight excluding hydrogens is 295 g/mol. The Hall–Kier alpha value is -1.19. The third-order valence-corrected chi connectivity index (χ3v) is 4.92. The average molecular weight is 310 g/mol. The molecule has 1 aromatic rings. The van der Waals surface area contributed by atoms with Crippen molar-refractivity contribution in [3.8, 4) is 0 Å². The summed E-state index contributed by atoms with van der Waals surface area (Å²) in [5, 5.41) is 0. The molecule has 0 amide bonds. The quantitative estimate of drug-likeness (QED) is 0.751. The van der Waals surface area contributed by atoms with Crippen molar-refractivity contribution in [2.45, 2.75) is 17.9 Å². The molecule has 1 unspecified atom stereocenters. The Labute approximate surface area is 111 Å². The molecule has 0 aliphatic rings. The first-order chi connectivity index (χ1) is 8.51. The fraction of sp³-hybridized carbons (Fsp3) is 0.400. The van der Waals surface area contributed by atoms with Crippen LogP contribution in [0.5, 0.6) is 0 Å². The molecule has 3 N–H and O–H groups in total. The highest BCUT2D eigenvalue weighted by atomic mass is 32.2. The zero-order valence-electron chi connectivity index (χ0n) is 10.4. The minimum atomic E-state index is -4.06. The molecule has 0 heterocycles. The van der Waals surface area contributed by atoms with E-state index in [2.05, 4.69) is 4.72 Å². The third kappa shape index (κ3) is 4.77. The molecule has 0 aliphatic heterocycles. The maximum absolute atomic E-state index is 13.0. The van der Waals surface area contributed by atoms with E-state index in [4.69, 9.17) is 5.73 Å². The van der Waals surface area contributed by atoms with E-state index in [1.54, 1.807) is 0 Å². The normalized spacial score (nSPS) is 14.3. The van der Waals surface area contributed by atoms with Crippen LogP contribution in [0, 0.1) is 5.82 Å². The lowest BCUT2D eigenvalue weighted by atomic mass is 10.3. The van der Waals surface area contributed by atoms with Crippen molar-refractivity contribution < 1.29 is 21.2 Å². The number of hydrogen-bond acceptors (Lipinski definition) is 5. The smallest absolute Gasteiger partial charge is 0.242 e. The summed E-state index contributed by atoms with van der Waals surface area (Å²) in [5.41, 5.74) is 5.36. The number of sulfonamides is 1. The maximum Gasteiger partial charge on any atom is 0.242 e. The fourth-order valence-electron chi connectivity index (χ4n) is 1.56. The van der Waals surface area contributed by atoms with Crippen LogP contribution in [0.1, 0.15) is 6.92 Å². The number of nitrogens with two attached hydrogens (primary N) is 1. The zero-order valence-corrected chi connectivity index (χ0v) is 12.1. The molecule has 6 nitrogen and oxygen atoms in total. The van der Waals surface area contributed by atoms with Crippen molar-refractivity contribution in [3.05, 3.63) is 24.0 Å². The second-order valence-electron chi connectivity index (χ2n) is 4.30. The fourth-order valence-corrected chi connectivity index (χ4v) is 4.04. The molecule has 1 atom stereocenters. The Morgan fingerprint density at radius 2 is 1.89 bits per heavy atom. The van der Waals surface area contributed by atoms with Gasteiger partial charge in [-0.05, 0) is 25.1 Å². The van der Waals surface area contributed by atoms with Gasteiger partial charge in [0.25, 0.3) is 0 Å². The van der Waals surface area contributed by atoms with E-state index in [9.17, 15) is 21.2 Å². The summed E-state index contributed by atoms with van der Waals surface area (Å²) in [6.45, 7) is 1.40. The summed E-state index contributed by atoms with van der Waals surface area (Å²) in [5.74, 6) is -1.10. The van der Waals surface area contributed by atoms with Crippen LogP contribution in [0.4, 0.5) is 10.1 Å².